The Morgan fingerprint density at radius 2 is 2.08 bits per heavy atom. The zero-order valence-corrected chi connectivity index (χ0v) is 13.5. The van der Waals surface area contributed by atoms with Crippen molar-refractivity contribution in [3.63, 3.8) is 0 Å². The predicted octanol–water partition coefficient (Wildman–Crippen LogP) is 1.24. The lowest BCUT2D eigenvalue weighted by Gasteiger charge is -2.22. The molecule has 0 saturated carbocycles. The van der Waals surface area contributed by atoms with E-state index in [-0.39, 0.29) is 12.5 Å². The minimum Gasteiger partial charge on any atom is -0.383 e. The van der Waals surface area contributed by atoms with Gasteiger partial charge in [0, 0.05) is 42.5 Å². The molecule has 2 aromatic heterocycles. The molecular weight excluding hydrogens is 306 g/mol. The van der Waals surface area contributed by atoms with Crippen LogP contribution >= 0.6 is 0 Å². The quantitative estimate of drug-likeness (QED) is 0.739. The Kier molecular flexibility index (Phi) is 4.18. The number of rotatable bonds is 5. The molecule has 0 aliphatic carbocycles. The Morgan fingerprint density at radius 3 is 2.67 bits per heavy atom. The van der Waals surface area contributed by atoms with Crippen LogP contribution < -0.4 is 5.32 Å². The van der Waals surface area contributed by atoms with Crippen LogP contribution in [-0.4, -0.2) is 36.9 Å². The van der Waals surface area contributed by atoms with E-state index in [1.165, 1.54) is 0 Å². The predicted molar refractivity (Wildman–Crippen MR) is 88.7 cm³/mol. The topological polar surface area (TPSA) is 85.0 Å². The molecule has 0 bridgehead atoms. The smallest absolute Gasteiger partial charge is 0.251 e. The summed E-state index contributed by atoms with van der Waals surface area (Å²) < 4.78 is 3.47. The summed E-state index contributed by atoms with van der Waals surface area (Å²) in [6, 6.07) is 7.17. The molecule has 2 N–H and O–H groups in total. The average Bonchev–Trinajstić information content (AvgIpc) is 3.24. The molecule has 24 heavy (non-hydrogen) atoms. The van der Waals surface area contributed by atoms with Gasteiger partial charge >= 0.3 is 0 Å². The van der Waals surface area contributed by atoms with Gasteiger partial charge in [0.15, 0.2) is 0 Å². The van der Waals surface area contributed by atoms with Crippen LogP contribution in [0.5, 0.6) is 0 Å². The number of nitrogens with zero attached hydrogens (tertiary/aromatic N) is 4. The summed E-state index contributed by atoms with van der Waals surface area (Å²) in [7, 11) is 1.78. The zero-order chi connectivity index (χ0) is 17.2. The van der Waals surface area contributed by atoms with Gasteiger partial charge in [0.05, 0.1) is 19.1 Å². The first-order chi connectivity index (χ1) is 11.5. The number of hydrogen-bond donors (Lipinski definition) is 2. The number of amides is 1. The Bertz CT molecular complexity index is 819. The molecule has 1 amide bonds. The van der Waals surface area contributed by atoms with E-state index in [4.69, 9.17) is 0 Å². The van der Waals surface area contributed by atoms with Crippen molar-refractivity contribution >= 4 is 5.91 Å². The second kappa shape index (κ2) is 6.29. The summed E-state index contributed by atoms with van der Waals surface area (Å²) >= 11 is 0. The van der Waals surface area contributed by atoms with Gasteiger partial charge in [-0.3, -0.25) is 9.48 Å². The lowest BCUT2D eigenvalue weighted by Crippen LogP contribution is -2.38. The van der Waals surface area contributed by atoms with Gasteiger partial charge < -0.3 is 15.0 Å². The third kappa shape index (κ3) is 3.36. The molecular formula is C17H19N5O2. The third-order valence-corrected chi connectivity index (χ3v) is 3.85. The van der Waals surface area contributed by atoms with E-state index in [1.54, 1.807) is 55.7 Å². The summed E-state index contributed by atoms with van der Waals surface area (Å²) in [5, 5.41) is 17.3. The first-order valence-electron chi connectivity index (χ1n) is 7.54. The van der Waals surface area contributed by atoms with E-state index in [9.17, 15) is 9.90 Å². The molecule has 0 aliphatic rings. The SMILES string of the molecule is Cn1cc(C(C)(O)CNC(=O)c2ccc(-n3ccnc3)cc2)cn1. The molecule has 1 unspecified atom stereocenters. The molecule has 0 saturated heterocycles. The van der Waals surface area contributed by atoms with Gasteiger partial charge in [-0.05, 0) is 31.2 Å². The molecule has 0 fully saturated rings. The maximum Gasteiger partial charge on any atom is 0.251 e. The van der Waals surface area contributed by atoms with Crippen LogP contribution in [0.1, 0.15) is 22.8 Å². The number of aliphatic hydroxyl groups is 1. The van der Waals surface area contributed by atoms with Gasteiger partial charge in [-0.2, -0.15) is 5.10 Å². The van der Waals surface area contributed by atoms with Crippen molar-refractivity contribution in [3.05, 3.63) is 66.5 Å². The highest BCUT2D eigenvalue weighted by Gasteiger charge is 2.25. The second-order valence-electron chi connectivity index (χ2n) is 5.88. The van der Waals surface area contributed by atoms with Crippen molar-refractivity contribution in [3.8, 4) is 5.69 Å². The molecule has 7 nitrogen and oxygen atoms in total. The monoisotopic (exact) mass is 325 g/mol. The summed E-state index contributed by atoms with van der Waals surface area (Å²) in [6.07, 6.45) is 8.54. The molecule has 0 spiro atoms. The maximum absolute atomic E-state index is 12.3. The third-order valence-electron chi connectivity index (χ3n) is 3.85. The molecule has 3 rings (SSSR count). The van der Waals surface area contributed by atoms with E-state index in [0.29, 0.717) is 11.1 Å². The van der Waals surface area contributed by atoms with E-state index in [1.807, 2.05) is 22.9 Å². The van der Waals surface area contributed by atoms with Crippen molar-refractivity contribution in [2.75, 3.05) is 6.54 Å². The van der Waals surface area contributed by atoms with E-state index < -0.39 is 5.60 Å². The fourth-order valence-corrected chi connectivity index (χ4v) is 2.35. The lowest BCUT2D eigenvalue weighted by atomic mass is 9.99. The van der Waals surface area contributed by atoms with Crippen LogP contribution in [0.2, 0.25) is 0 Å². The standard InChI is InChI=1S/C17H19N5O2/c1-17(24,14-9-20-21(2)10-14)11-19-16(23)13-3-5-15(6-4-13)22-8-7-18-12-22/h3-10,12,24H,11H2,1-2H3,(H,19,23). The fraction of sp³-hybridized carbons (Fsp3) is 0.235. The van der Waals surface area contributed by atoms with Crippen LogP contribution in [-0.2, 0) is 12.6 Å². The average molecular weight is 325 g/mol. The Hall–Kier alpha value is -2.93. The molecule has 1 atom stereocenters. The number of aryl methyl sites for hydroxylation is 1. The number of imidazole rings is 1. The van der Waals surface area contributed by atoms with Gasteiger partial charge in [0.1, 0.15) is 5.60 Å². The van der Waals surface area contributed by atoms with Gasteiger partial charge in [-0.1, -0.05) is 0 Å². The molecule has 2 heterocycles. The molecule has 0 radical (unpaired) electrons. The van der Waals surface area contributed by atoms with Crippen LogP contribution in [0.25, 0.3) is 5.69 Å². The minimum atomic E-state index is -1.18. The van der Waals surface area contributed by atoms with Gasteiger partial charge in [-0.25, -0.2) is 4.98 Å². The maximum atomic E-state index is 12.3. The van der Waals surface area contributed by atoms with Crippen LogP contribution in [0, 0.1) is 0 Å². The van der Waals surface area contributed by atoms with E-state index in [2.05, 4.69) is 15.4 Å². The highest BCUT2D eigenvalue weighted by atomic mass is 16.3. The normalized spacial score (nSPS) is 13.5. The fourth-order valence-electron chi connectivity index (χ4n) is 2.35. The number of nitrogens with one attached hydrogen (secondary N) is 1. The number of hydrogen-bond acceptors (Lipinski definition) is 4. The number of carbonyl (C=O) groups is 1. The van der Waals surface area contributed by atoms with Crippen LogP contribution in [0.4, 0.5) is 0 Å². The summed E-state index contributed by atoms with van der Waals surface area (Å²) in [5.74, 6) is -0.239. The molecule has 1 aromatic carbocycles. The van der Waals surface area contributed by atoms with Crippen LogP contribution in [0.15, 0.2) is 55.4 Å². The number of aromatic nitrogens is 4. The van der Waals surface area contributed by atoms with Gasteiger partial charge in [-0.15, -0.1) is 0 Å². The second-order valence-corrected chi connectivity index (χ2v) is 5.88. The minimum absolute atomic E-state index is 0.0980. The summed E-state index contributed by atoms with van der Waals surface area (Å²) in [5.41, 5.74) is 0.925. The lowest BCUT2D eigenvalue weighted by molar-refractivity contribution is 0.0526. The summed E-state index contributed by atoms with van der Waals surface area (Å²) in [6.45, 7) is 1.74. The molecule has 3 aromatic rings. The van der Waals surface area contributed by atoms with E-state index in [0.717, 1.165) is 5.69 Å². The van der Waals surface area contributed by atoms with Crippen molar-refractivity contribution in [1.29, 1.82) is 0 Å². The first-order valence-corrected chi connectivity index (χ1v) is 7.54. The molecule has 124 valence electrons. The van der Waals surface area contributed by atoms with Crippen molar-refractivity contribution in [2.24, 2.45) is 7.05 Å². The Morgan fingerprint density at radius 1 is 1.33 bits per heavy atom. The van der Waals surface area contributed by atoms with Crippen molar-refractivity contribution < 1.29 is 9.90 Å². The molecule has 0 aliphatic heterocycles. The van der Waals surface area contributed by atoms with Gasteiger partial charge in [0.2, 0.25) is 0 Å². The number of benzene rings is 1. The van der Waals surface area contributed by atoms with Crippen LogP contribution in [0.3, 0.4) is 0 Å². The van der Waals surface area contributed by atoms with E-state index >= 15 is 0 Å². The zero-order valence-electron chi connectivity index (χ0n) is 13.5. The first kappa shape index (κ1) is 15.9. The van der Waals surface area contributed by atoms with Crippen molar-refractivity contribution in [1.82, 2.24) is 24.6 Å². The Balaban J connectivity index is 1.64. The number of carbonyl (C=O) groups excluding carboxylic acids is 1. The Labute approximate surface area is 139 Å². The highest BCUT2D eigenvalue weighted by molar-refractivity contribution is 5.94. The highest BCUT2D eigenvalue weighted by Crippen LogP contribution is 2.18. The molecule has 7 heteroatoms. The van der Waals surface area contributed by atoms with Crippen molar-refractivity contribution in [2.45, 2.75) is 12.5 Å². The van der Waals surface area contributed by atoms with Gasteiger partial charge in [0.25, 0.3) is 5.91 Å². The largest absolute Gasteiger partial charge is 0.383 e. The summed E-state index contributed by atoms with van der Waals surface area (Å²) in [4.78, 5) is 16.3.